The lowest BCUT2D eigenvalue weighted by Gasteiger charge is -2.03. The number of halogens is 1. The largest absolute Gasteiger partial charge is 0.468 e. The molecule has 0 N–H and O–H groups in total. The van der Waals surface area contributed by atoms with E-state index in [0.29, 0.717) is 11.5 Å². The van der Waals surface area contributed by atoms with Crippen LogP contribution in [0.25, 0.3) is 0 Å². The maximum absolute atomic E-state index is 11.0. The first-order valence-corrected chi connectivity index (χ1v) is 6.28. The van der Waals surface area contributed by atoms with Crippen LogP contribution in [0.4, 0.5) is 5.69 Å². The zero-order chi connectivity index (χ0) is 13.1. The summed E-state index contributed by atoms with van der Waals surface area (Å²) in [6, 6.07) is 3.54. The van der Waals surface area contributed by atoms with E-state index in [0.717, 1.165) is 0 Å². The number of hydrogen-bond donors (Lipinski definition) is 0. The summed E-state index contributed by atoms with van der Waals surface area (Å²) in [4.78, 5) is 18.1. The normalized spacial score (nSPS) is 10.6. The molecule has 94 valence electrons. The van der Waals surface area contributed by atoms with Gasteiger partial charge in [0.25, 0.3) is 0 Å². The van der Waals surface area contributed by atoms with Crippen molar-refractivity contribution in [2.45, 2.75) is 17.7 Å². The molecular weight excluding hydrogens is 278 g/mol. The molecule has 0 saturated carbocycles. The topological polar surface area (TPSA) is 82.1 Å². The second kappa shape index (κ2) is 5.36. The quantitative estimate of drug-likeness (QED) is 0.282. The van der Waals surface area contributed by atoms with Crippen LogP contribution in [0.1, 0.15) is 11.5 Å². The summed E-state index contributed by atoms with van der Waals surface area (Å²) in [5.41, 5.74) is 0.137. The minimum Gasteiger partial charge on any atom is -0.468 e. The molecule has 0 amide bonds. The van der Waals surface area contributed by atoms with Gasteiger partial charge in [0.05, 0.1) is 16.9 Å². The van der Waals surface area contributed by atoms with Crippen molar-refractivity contribution in [2.75, 3.05) is 0 Å². The molecule has 0 aliphatic rings. The second-order valence-corrected chi connectivity index (χ2v) is 4.66. The SMILES string of the molecule is Cc1nc(Cl)nc(SCc2ccco2)c1[N+](=O)[O-]. The van der Waals surface area contributed by atoms with Crippen LogP contribution in [0.3, 0.4) is 0 Å². The summed E-state index contributed by atoms with van der Waals surface area (Å²) in [5, 5.41) is 11.2. The van der Waals surface area contributed by atoms with Gasteiger partial charge in [-0.05, 0) is 30.7 Å². The highest BCUT2D eigenvalue weighted by Crippen LogP contribution is 2.32. The zero-order valence-electron chi connectivity index (χ0n) is 9.29. The molecule has 0 saturated heterocycles. The molecule has 0 aliphatic heterocycles. The van der Waals surface area contributed by atoms with Crippen molar-refractivity contribution in [1.82, 2.24) is 9.97 Å². The summed E-state index contributed by atoms with van der Waals surface area (Å²) < 4.78 is 5.15. The van der Waals surface area contributed by atoms with Gasteiger partial charge in [-0.3, -0.25) is 10.1 Å². The van der Waals surface area contributed by atoms with Crippen molar-refractivity contribution in [1.29, 1.82) is 0 Å². The molecule has 6 nitrogen and oxygen atoms in total. The minimum absolute atomic E-state index is 0.0000416. The Kier molecular flexibility index (Phi) is 3.83. The molecule has 0 bridgehead atoms. The van der Waals surface area contributed by atoms with E-state index in [9.17, 15) is 10.1 Å². The molecule has 0 fully saturated rings. The number of aryl methyl sites for hydroxylation is 1. The van der Waals surface area contributed by atoms with Crippen LogP contribution in [0, 0.1) is 17.0 Å². The fraction of sp³-hybridized carbons (Fsp3) is 0.200. The number of furan rings is 1. The molecule has 0 radical (unpaired) electrons. The Morgan fingerprint density at radius 2 is 2.33 bits per heavy atom. The summed E-state index contributed by atoms with van der Waals surface area (Å²) in [6.45, 7) is 1.53. The standard InChI is InChI=1S/C10H8ClN3O3S/c1-6-8(14(15)16)9(13-10(11)12-6)18-5-7-3-2-4-17-7/h2-4H,5H2,1H3. The van der Waals surface area contributed by atoms with Gasteiger partial charge in [0, 0.05) is 0 Å². The van der Waals surface area contributed by atoms with Gasteiger partial charge in [0.2, 0.25) is 5.28 Å². The van der Waals surface area contributed by atoms with E-state index in [1.165, 1.54) is 18.7 Å². The lowest BCUT2D eigenvalue weighted by atomic mass is 10.4. The van der Waals surface area contributed by atoms with Gasteiger partial charge in [-0.15, -0.1) is 0 Å². The fourth-order valence-corrected chi connectivity index (χ4v) is 2.57. The second-order valence-electron chi connectivity index (χ2n) is 3.36. The molecule has 8 heteroatoms. The molecule has 2 aromatic heterocycles. The van der Waals surface area contributed by atoms with Crippen LogP contribution in [0.5, 0.6) is 0 Å². The van der Waals surface area contributed by atoms with E-state index in [4.69, 9.17) is 16.0 Å². The molecule has 2 heterocycles. The summed E-state index contributed by atoms with van der Waals surface area (Å²) in [6.07, 6.45) is 1.54. The fourth-order valence-electron chi connectivity index (χ4n) is 1.35. The van der Waals surface area contributed by atoms with E-state index in [1.807, 2.05) is 0 Å². The lowest BCUT2D eigenvalue weighted by molar-refractivity contribution is -0.389. The first-order valence-electron chi connectivity index (χ1n) is 4.91. The lowest BCUT2D eigenvalue weighted by Crippen LogP contribution is -2.00. The van der Waals surface area contributed by atoms with Crippen LogP contribution >= 0.6 is 23.4 Å². The Hall–Kier alpha value is -1.60. The average Bonchev–Trinajstić information content (AvgIpc) is 2.77. The van der Waals surface area contributed by atoms with Gasteiger partial charge < -0.3 is 4.42 Å². The van der Waals surface area contributed by atoms with Crippen LogP contribution in [0.15, 0.2) is 27.8 Å². The molecule has 2 rings (SSSR count). The van der Waals surface area contributed by atoms with Gasteiger partial charge in [0.1, 0.15) is 11.5 Å². The number of nitro groups is 1. The van der Waals surface area contributed by atoms with E-state index in [-0.39, 0.29) is 21.7 Å². The minimum atomic E-state index is -0.504. The van der Waals surface area contributed by atoms with Crippen molar-refractivity contribution in [3.05, 3.63) is 45.2 Å². The molecular formula is C10H8ClN3O3S. The van der Waals surface area contributed by atoms with Gasteiger partial charge in [-0.1, -0.05) is 11.8 Å². The van der Waals surface area contributed by atoms with E-state index < -0.39 is 4.92 Å². The molecule has 0 atom stereocenters. The van der Waals surface area contributed by atoms with Crippen LogP contribution in [0.2, 0.25) is 5.28 Å². The molecule has 0 spiro atoms. The Morgan fingerprint density at radius 3 is 2.94 bits per heavy atom. The Balaban J connectivity index is 2.28. The van der Waals surface area contributed by atoms with Gasteiger partial charge in [0.15, 0.2) is 5.03 Å². The van der Waals surface area contributed by atoms with Crippen LogP contribution < -0.4 is 0 Å². The van der Waals surface area contributed by atoms with Gasteiger partial charge in [-0.2, -0.15) is 0 Å². The summed E-state index contributed by atoms with van der Waals surface area (Å²) in [7, 11) is 0. The smallest absolute Gasteiger partial charge is 0.322 e. The molecule has 18 heavy (non-hydrogen) atoms. The van der Waals surface area contributed by atoms with Crippen LogP contribution in [-0.4, -0.2) is 14.9 Å². The number of hydrogen-bond acceptors (Lipinski definition) is 6. The highest BCUT2D eigenvalue weighted by atomic mass is 35.5. The number of rotatable bonds is 4. The van der Waals surface area contributed by atoms with E-state index in [2.05, 4.69) is 9.97 Å². The number of thioether (sulfide) groups is 1. The Labute approximate surface area is 112 Å². The van der Waals surface area contributed by atoms with Crippen molar-refractivity contribution in [3.63, 3.8) is 0 Å². The first kappa shape index (κ1) is 12.8. The predicted octanol–water partition coefficient (Wildman–Crippen LogP) is 3.23. The molecule has 0 unspecified atom stereocenters. The third-order valence-corrected chi connectivity index (χ3v) is 3.27. The molecule has 0 aliphatic carbocycles. The molecule has 0 aromatic carbocycles. The van der Waals surface area contributed by atoms with Gasteiger partial charge >= 0.3 is 5.69 Å². The maximum atomic E-state index is 11.0. The Morgan fingerprint density at radius 1 is 1.56 bits per heavy atom. The third-order valence-electron chi connectivity index (χ3n) is 2.11. The first-order chi connectivity index (χ1) is 8.58. The third kappa shape index (κ3) is 2.80. The number of aromatic nitrogens is 2. The maximum Gasteiger partial charge on any atom is 0.322 e. The van der Waals surface area contributed by atoms with E-state index in [1.54, 1.807) is 18.4 Å². The van der Waals surface area contributed by atoms with Crippen molar-refractivity contribution >= 4 is 29.1 Å². The highest BCUT2D eigenvalue weighted by molar-refractivity contribution is 7.98. The van der Waals surface area contributed by atoms with Crippen molar-refractivity contribution in [2.24, 2.45) is 0 Å². The van der Waals surface area contributed by atoms with Crippen molar-refractivity contribution < 1.29 is 9.34 Å². The zero-order valence-corrected chi connectivity index (χ0v) is 10.9. The highest BCUT2D eigenvalue weighted by Gasteiger charge is 2.22. The average molecular weight is 286 g/mol. The monoisotopic (exact) mass is 285 g/mol. The van der Waals surface area contributed by atoms with E-state index >= 15 is 0 Å². The summed E-state index contributed by atoms with van der Waals surface area (Å²) in [5.74, 6) is 1.15. The summed E-state index contributed by atoms with van der Waals surface area (Å²) >= 11 is 6.90. The van der Waals surface area contributed by atoms with Crippen LogP contribution in [-0.2, 0) is 5.75 Å². The predicted molar refractivity (Wildman–Crippen MR) is 66.7 cm³/mol. The molecule has 2 aromatic rings. The Bertz CT molecular complexity index is 574. The van der Waals surface area contributed by atoms with Gasteiger partial charge in [-0.25, -0.2) is 9.97 Å². The van der Waals surface area contributed by atoms with Crippen molar-refractivity contribution in [3.8, 4) is 0 Å². The number of nitrogens with zero attached hydrogens (tertiary/aromatic N) is 3.